The summed E-state index contributed by atoms with van der Waals surface area (Å²) in [6, 6.07) is -0.332. The van der Waals surface area contributed by atoms with Crippen LogP contribution in [0.5, 0.6) is 0 Å². The molecule has 28 heavy (non-hydrogen) atoms. The Bertz CT molecular complexity index is 456. The summed E-state index contributed by atoms with van der Waals surface area (Å²) in [5.74, 6) is -0.382. The van der Waals surface area contributed by atoms with E-state index in [1.165, 1.54) is 0 Å². The third-order valence-electron chi connectivity index (χ3n) is 3.09. The van der Waals surface area contributed by atoms with Crippen LogP contribution < -0.4 is 10.7 Å². The average molecular weight is 465 g/mol. The molecule has 1 aliphatic heterocycles. The molecule has 1 aliphatic rings. The van der Waals surface area contributed by atoms with Crippen molar-refractivity contribution in [2.24, 2.45) is 0 Å². The SMILES string of the molecule is CC(C)(C)OC=O.CN1CCCC(C(=O)OCC(Cl)(Cl)Cl)N1.CNC(C)C=O. The lowest BCUT2D eigenvalue weighted by Crippen LogP contribution is -2.51. The summed E-state index contributed by atoms with van der Waals surface area (Å²) in [6.45, 7) is 8.41. The number of hydrogen-bond acceptors (Lipinski definition) is 8. The van der Waals surface area contributed by atoms with E-state index in [2.05, 4.69) is 15.5 Å². The molecule has 11 heteroatoms. The van der Waals surface area contributed by atoms with E-state index >= 15 is 0 Å². The van der Waals surface area contributed by atoms with Crippen LogP contribution in [0.4, 0.5) is 0 Å². The average Bonchev–Trinajstić information content (AvgIpc) is 2.58. The molecule has 166 valence electrons. The topological polar surface area (TPSA) is 97.0 Å². The van der Waals surface area contributed by atoms with Crippen LogP contribution in [0.15, 0.2) is 0 Å². The molecule has 1 fully saturated rings. The number of alkyl halides is 3. The number of nitrogens with one attached hydrogen (secondary N) is 2. The zero-order chi connectivity index (χ0) is 22.4. The molecular formula is C17H32Cl3N3O5. The third-order valence-corrected chi connectivity index (χ3v) is 3.41. The van der Waals surface area contributed by atoms with Crippen molar-refractivity contribution in [3.05, 3.63) is 0 Å². The lowest BCUT2D eigenvalue weighted by atomic mass is 10.1. The lowest BCUT2D eigenvalue weighted by Gasteiger charge is -2.29. The normalized spacial score (nSPS) is 18.4. The number of ether oxygens (including phenoxy) is 2. The summed E-state index contributed by atoms with van der Waals surface area (Å²) >= 11 is 16.4. The molecule has 0 spiro atoms. The number of esters is 1. The van der Waals surface area contributed by atoms with Gasteiger partial charge in [0.05, 0.1) is 6.04 Å². The van der Waals surface area contributed by atoms with Gasteiger partial charge in [-0.15, -0.1) is 0 Å². The van der Waals surface area contributed by atoms with Gasteiger partial charge >= 0.3 is 5.97 Å². The fraction of sp³-hybridized carbons (Fsp3) is 0.824. The van der Waals surface area contributed by atoms with Crippen molar-refractivity contribution in [3.8, 4) is 0 Å². The van der Waals surface area contributed by atoms with Crippen LogP contribution >= 0.6 is 34.8 Å². The number of hydrazine groups is 1. The van der Waals surface area contributed by atoms with E-state index in [-0.39, 0.29) is 30.3 Å². The monoisotopic (exact) mass is 463 g/mol. The van der Waals surface area contributed by atoms with Gasteiger partial charge in [0, 0.05) is 13.6 Å². The van der Waals surface area contributed by atoms with Crippen LogP contribution in [-0.2, 0) is 23.9 Å². The minimum atomic E-state index is -1.55. The van der Waals surface area contributed by atoms with Crippen LogP contribution in [0.25, 0.3) is 0 Å². The summed E-state index contributed by atoms with van der Waals surface area (Å²) in [7, 11) is 3.62. The standard InChI is InChI=1S/C8H13Cl3N2O2.C5H10O2.C4H9NO/c1-13-4-2-3-6(12-13)7(14)15-5-8(9,10)11;1-5(2,3)7-4-6;1-4(3-6)5-2/h6,12H,2-5H2,1H3;4H,1-3H3;3-5H,1-2H3. The first-order valence-electron chi connectivity index (χ1n) is 8.70. The number of likely N-dealkylation sites (N-methyl/N-ethyl adjacent to an activating group) is 1. The summed E-state index contributed by atoms with van der Waals surface area (Å²) in [5.41, 5.74) is 2.66. The van der Waals surface area contributed by atoms with Crippen LogP contribution in [0.3, 0.4) is 0 Å². The number of nitrogens with zero attached hydrogens (tertiary/aromatic N) is 1. The Morgan fingerprint density at radius 3 is 2.18 bits per heavy atom. The van der Waals surface area contributed by atoms with Crippen LogP contribution in [0.2, 0.25) is 0 Å². The maximum Gasteiger partial charge on any atom is 0.324 e. The zero-order valence-electron chi connectivity index (χ0n) is 17.3. The summed E-state index contributed by atoms with van der Waals surface area (Å²) < 4.78 is 7.87. The first kappa shape index (κ1) is 29.6. The molecule has 0 amide bonds. The number of carbonyl (C=O) groups is 3. The maximum absolute atomic E-state index is 11.5. The van der Waals surface area contributed by atoms with Crippen molar-refractivity contribution in [1.29, 1.82) is 0 Å². The highest BCUT2D eigenvalue weighted by Gasteiger charge is 2.28. The predicted molar refractivity (Wildman–Crippen MR) is 112 cm³/mol. The first-order chi connectivity index (χ1) is 12.8. The number of halogens is 3. The van der Waals surface area contributed by atoms with Crippen molar-refractivity contribution in [2.45, 2.75) is 62.0 Å². The number of aldehydes is 1. The Kier molecular flexibility index (Phi) is 16.1. The lowest BCUT2D eigenvalue weighted by molar-refractivity contribution is -0.148. The molecule has 0 aromatic rings. The predicted octanol–water partition coefficient (Wildman–Crippen LogP) is 2.25. The van der Waals surface area contributed by atoms with Crippen LogP contribution in [-0.4, -0.2) is 72.5 Å². The second-order valence-corrected chi connectivity index (χ2v) is 9.52. The largest absolute Gasteiger partial charge is 0.462 e. The van der Waals surface area contributed by atoms with E-state index in [9.17, 15) is 14.4 Å². The van der Waals surface area contributed by atoms with E-state index in [1.54, 1.807) is 14.0 Å². The van der Waals surface area contributed by atoms with Crippen molar-refractivity contribution < 1.29 is 23.9 Å². The smallest absolute Gasteiger partial charge is 0.324 e. The fourth-order valence-electron chi connectivity index (χ4n) is 1.56. The molecule has 2 N–H and O–H groups in total. The van der Waals surface area contributed by atoms with Crippen molar-refractivity contribution >= 4 is 53.5 Å². The molecule has 1 saturated heterocycles. The number of hydrogen-bond donors (Lipinski definition) is 2. The molecule has 8 nitrogen and oxygen atoms in total. The zero-order valence-corrected chi connectivity index (χ0v) is 19.5. The summed E-state index contributed by atoms with van der Waals surface area (Å²) in [5, 5.41) is 4.60. The van der Waals surface area contributed by atoms with Gasteiger partial charge < -0.3 is 19.6 Å². The van der Waals surface area contributed by atoms with Crippen molar-refractivity contribution in [2.75, 3.05) is 27.2 Å². The van der Waals surface area contributed by atoms with E-state index in [1.807, 2.05) is 32.8 Å². The molecule has 0 saturated carbocycles. The van der Waals surface area contributed by atoms with Gasteiger partial charge in [-0.3, -0.25) is 9.59 Å². The first-order valence-corrected chi connectivity index (χ1v) is 9.83. The molecule has 1 heterocycles. The summed E-state index contributed by atoms with van der Waals surface area (Å²) in [6.07, 6.45) is 2.54. The Morgan fingerprint density at radius 1 is 1.32 bits per heavy atom. The molecule has 2 atom stereocenters. The van der Waals surface area contributed by atoms with E-state index in [4.69, 9.17) is 39.5 Å². The molecule has 1 rings (SSSR count). The highest BCUT2D eigenvalue weighted by atomic mass is 35.6. The van der Waals surface area contributed by atoms with Crippen molar-refractivity contribution in [3.63, 3.8) is 0 Å². The van der Waals surface area contributed by atoms with Gasteiger partial charge in [-0.1, -0.05) is 34.8 Å². The Hall–Kier alpha value is -0.640. The molecule has 0 aliphatic carbocycles. The second kappa shape index (κ2) is 15.2. The van der Waals surface area contributed by atoms with Gasteiger partial charge in [0.2, 0.25) is 3.79 Å². The number of carbonyl (C=O) groups excluding carboxylic acids is 3. The molecule has 0 aromatic heterocycles. The maximum atomic E-state index is 11.5. The van der Waals surface area contributed by atoms with Crippen molar-refractivity contribution in [1.82, 2.24) is 15.8 Å². The molecule has 0 bridgehead atoms. The van der Waals surface area contributed by atoms with Gasteiger partial charge in [0.25, 0.3) is 6.47 Å². The van der Waals surface area contributed by atoms with Gasteiger partial charge in [-0.05, 0) is 47.6 Å². The quantitative estimate of drug-likeness (QED) is 0.363. The van der Waals surface area contributed by atoms with Crippen LogP contribution in [0.1, 0.15) is 40.5 Å². The van der Waals surface area contributed by atoms with Gasteiger partial charge in [0.1, 0.15) is 24.5 Å². The Morgan fingerprint density at radius 2 is 1.89 bits per heavy atom. The fourth-order valence-corrected chi connectivity index (χ4v) is 1.73. The third kappa shape index (κ3) is 20.1. The molecule has 0 radical (unpaired) electrons. The second-order valence-electron chi connectivity index (χ2n) is 7.01. The van der Waals surface area contributed by atoms with Gasteiger partial charge in [-0.25, -0.2) is 10.4 Å². The van der Waals surface area contributed by atoms with E-state index in [0.29, 0.717) is 6.47 Å². The molecular weight excluding hydrogens is 433 g/mol. The summed E-state index contributed by atoms with van der Waals surface area (Å²) in [4.78, 5) is 30.8. The Labute approximate surface area is 182 Å². The van der Waals surface area contributed by atoms with E-state index in [0.717, 1.165) is 25.7 Å². The van der Waals surface area contributed by atoms with Gasteiger partial charge in [0.15, 0.2) is 0 Å². The number of rotatable bonds is 5. The molecule has 0 aromatic carbocycles. The molecule has 2 unspecified atom stereocenters. The van der Waals surface area contributed by atoms with Crippen LogP contribution in [0, 0.1) is 0 Å². The highest BCUT2D eigenvalue weighted by Crippen LogP contribution is 2.26. The van der Waals surface area contributed by atoms with Gasteiger partial charge in [-0.2, -0.15) is 0 Å². The Balaban J connectivity index is 0. The highest BCUT2D eigenvalue weighted by molar-refractivity contribution is 6.67. The minimum Gasteiger partial charge on any atom is -0.462 e. The van der Waals surface area contributed by atoms with E-state index < -0.39 is 3.79 Å². The minimum absolute atomic E-state index is 0.00463.